The summed E-state index contributed by atoms with van der Waals surface area (Å²) >= 11 is 0. The van der Waals surface area contributed by atoms with E-state index < -0.39 is 0 Å². The molecular formula is C17H18N2O4. The van der Waals surface area contributed by atoms with Crippen LogP contribution in [0.3, 0.4) is 0 Å². The lowest BCUT2D eigenvalue weighted by molar-refractivity contribution is 0.0954. The van der Waals surface area contributed by atoms with Crippen LogP contribution < -0.4 is 19.6 Å². The molecule has 2 aromatic rings. The summed E-state index contributed by atoms with van der Waals surface area (Å²) in [5.41, 5.74) is 3.71. The molecule has 23 heavy (non-hydrogen) atoms. The molecule has 0 heterocycles. The first-order valence-corrected chi connectivity index (χ1v) is 6.87. The Morgan fingerprint density at radius 3 is 2.00 bits per heavy atom. The van der Waals surface area contributed by atoms with Gasteiger partial charge in [0, 0.05) is 11.6 Å². The van der Waals surface area contributed by atoms with E-state index in [9.17, 15) is 4.79 Å². The van der Waals surface area contributed by atoms with Gasteiger partial charge >= 0.3 is 0 Å². The summed E-state index contributed by atoms with van der Waals surface area (Å²) in [5, 5.41) is 3.94. The molecule has 1 amide bonds. The molecule has 0 unspecified atom stereocenters. The van der Waals surface area contributed by atoms with Gasteiger partial charge in [0.25, 0.3) is 5.91 Å². The van der Waals surface area contributed by atoms with Gasteiger partial charge in [-0.15, -0.1) is 0 Å². The van der Waals surface area contributed by atoms with Crippen LogP contribution in [0.4, 0.5) is 0 Å². The van der Waals surface area contributed by atoms with Crippen molar-refractivity contribution in [2.45, 2.75) is 0 Å². The van der Waals surface area contributed by atoms with Crippen molar-refractivity contribution < 1.29 is 19.0 Å². The van der Waals surface area contributed by atoms with E-state index in [1.165, 1.54) is 14.2 Å². The molecule has 0 aliphatic rings. The van der Waals surface area contributed by atoms with E-state index in [0.29, 0.717) is 17.1 Å². The van der Waals surface area contributed by atoms with Crippen LogP contribution in [0.2, 0.25) is 0 Å². The maximum absolute atomic E-state index is 12.1. The molecule has 0 fully saturated rings. The van der Waals surface area contributed by atoms with E-state index in [2.05, 4.69) is 10.5 Å². The van der Waals surface area contributed by atoms with E-state index >= 15 is 0 Å². The van der Waals surface area contributed by atoms with Gasteiger partial charge in [-0.25, -0.2) is 5.43 Å². The molecule has 120 valence electrons. The van der Waals surface area contributed by atoms with Crippen molar-refractivity contribution in [3.05, 3.63) is 53.6 Å². The molecule has 0 saturated heterocycles. The third-order valence-corrected chi connectivity index (χ3v) is 3.11. The molecule has 2 aromatic carbocycles. The molecular weight excluding hydrogens is 296 g/mol. The molecule has 0 aliphatic heterocycles. The van der Waals surface area contributed by atoms with Gasteiger partial charge in [-0.2, -0.15) is 5.10 Å². The number of carbonyl (C=O) groups excluding carboxylic acids is 1. The topological polar surface area (TPSA) is 69.2 Å². The number of methoxy groups -OCH3 is 3. The fraction of sp³-hybridized carbons (Fsp3) is 0.176. The van der Waals surface area contributed by atoms with Crippen molar-refractivity contribution in [2.24, 2.45) is 5.10 Å². The molecule has 1 N–H and O–H groups in total. The van der Waals surface area contributed by atoms with Gasteiger partial charge in [0.1, 0.15) is 17.2 Å². The Balaban J connectivity index is 2.05. The van der Waals surface area contributed by atoms with Crippen molar-refractivity contribution in [1.29, 1.82) is 0 Å². The number of benzene rings is 2. The van der Waals surface area contributed by atoms with E-state index in [1.54, 1.807) is 31.5 Å². The van der Waals surface area contributed by atoms with Gasteiger partial charge in [0.15, 0.2) is 0 Å². The third-order valence-electron chi connectivity index (χ3n) is 3.11. The van der Waals surface area contributed by atoms with Gasteiger partial charge in [-0.3, -0.25) is 4.79 Å². The lowest BCUT2D eigenvalue weighted by Crippen LogP contribution is -2.17. The third kappa shape index (κ3) is 4.47. The van der Waals surface area contributed by atoms with E-state index in [-0.39, 0.29) is 5.91 Å². The van der Waals surface area contributed by atoms with Crippen molar-refractivity contribution >= 4 is 12.1 Å². The first-order chi connectivity index (χ1) is 11.2. The average Bonchev–Trinajstić information content (AvgIpc) is 2.61. The monoisotopic (exact) mass is 314 g/mol. The molecule has 0 aliphatic carbocycles. The summed E-state index contributed by atoms with van der Waals surface area (Å²) < 4.78 is 15.3. The Hall–Kier alpha value is -3.02. The summed E-state index contributed by atoms with van der Waals surface area (Å²) in [6, 6.07) is 12.2. The zero-order valence-corrected chi connectivity index (χ0v) is 13.2. The SMILES string of the molecule is COc1ccc(C=NNC(=O)c2cc(OC)cc(OC)c2)cc1. The molecule has 2 rings (SSSR count). The Morgan fingerprint density at radius 1 is 0.913 bits per heavy atom. The summed E-state index contributed by atoms with van der Waals surface area (Å²) in [4.78, 5) is 12.1. The summed E-state index contributed by atoms with van der Waals surface area (Å²) in [5.74, 6) is 1.48. The molecule has 6 nitrogen and oxygen atoms in total. The normalized spacial score (nSPS) is 10.4. The highest BCUT2D eigenvalue weighted by atomic mass is 16.5. The van der Waals surface area contributed by atoms with Gasteiger partial charge in [-0.05, 0) is 42.0 Å². The lowest BCUT2D eigenvalue weighted by Gasteiger charge is -2.07. The highest BCUT2D eigenvalue weighted by Gasteiger charge is 2.08. The highest BCUT2D eigenvalue weighted by Crippen LogP contribution is 2.22. The number of amides is 1. The van der Waals surface area contributed by atoms with Crippen LogP contribution >= 0.6 is 0 Å². The van der Waals surface area contributed by atoms with Gasteiger partial charge < -0.3 is 14.2 Å². The number of ether oxygens (including phenoxy) is 3. The molecule has 0 bridgehead atoms. The highest BCUT2D eigenvalue weighted by molar-refractivity contribution is 5.95. The first kappa shape index (κ1) is 16.4. The van der Waals surface area contributed by atoms with Gasteiger partial charge in [0.05, 0.1) is 27.5 Å². The van der Waals surface area contributed by atoms with Crippen molar-refractivity contribution in [1.82, 2.24) is 5.43 Å². The van der Waals surface area contributed by atoms with Crippen molar-refractivity contribution in [3.63, 3.8) is 0 Å². The second-order valence-electron chi connectivity index (χ2n) is 4.57. The number of hydrazone groups is 1. The second-order valence-corrected chi connectivity index (χ2v) is 4.57. The maximum Gasteiger partial charge on any atom is 0.271 e. The van der Waals surface area contributed by atoms with Crippen LogP contribution in [-0.4, -0.2) is 33.5 Å². The molecule has 0 radical (unpaired) electrons. The zero-order valence-electron chi connectivity index (χ0n) is 13.2. The molecule has 6 heteroatoms. The Labute approximate surface area is 134 Å². The van der Waals surface area contributed by atoms with E-state index in [0.717, 1.165) is 11.3 Å². The number of hydrogen-bond acceptors (Lipinski definition) is 5. The van der Waals surface area contributed by atoms with Gasteiger partial charge in [-0.1, -0.05) is 0 Å². The molecule has 0 spiro atoms. The zero-order chi connectivity index (χ0) is 16.7. The predicted octanol–water partition coefficient (Wildman–Crippen LogP) is 2.48. The second kappa shape index (κ2) is 7.84. The minimum Gasteiger partial charge on any atom is -0.497 e. The largest absolute Gasteiger partial charge is 0.497 e. The predicted molar refractivity (Wildman–Crippen MR) is 87.6 cm³/mol. The number of nitrogens with one attached hydrogen (secondary N) is 1. The minimum atomic E-state index is -0.355. The van der Waals surface area contributed by atoms with E-state index in [1.807, 2.05) is 24.3 Å². The number of carbonyl (C=O) groups is 1. The molecule has 0 saturated carbocycles. The summed E-state index contributed by atoms with van der Waals surface area (Å²) in [7, 11) is 4.66. The smallest absolute Gasteiger partial charge is 0.271 e. The van der Waals surface area contributed by atoms with Gasteiger partial charge in [0.2, 0.25) is 0 Å². The molecule has 0 atom stereocenters. The Morgan fingerprint density at radius 2 is 1.48 bits per heavy atom. The van der Waals surface area contributed by atoms with Crippen molar-refractivity contribution in [3.8, 4) is 17.2 Å². The minimum absolute atomic E-state index is 0.355. The molecule has 0 aromatic heterocycles. The van der Waals surface area contributed by atoms with Crippen LogP contribution in [0.25, 0.3) is 0 Å². The van der Waals surface area contributed by atoms with Crippen LogP contribution in [0, 0.1) is 0 Å². The Kier molecular flexibility index (Phi) is 5.57. The van der Waals surface area contributed by atoms with Crippen LogP contribution in [-0.2, 0) is 0 Å². The fourth-order valence-electron chi connectivity index (χ4n) is 1.86. The van der Waals surface area contributed by atoms with Crippen LogP contribution in [0.15, 0.2) is 47.6 Å². The average molecular weight is 314 g/mol. The van der Waals surface area contributed by atoms with Crippen LogP contribution in [0.5, 0.6) is 17.2 Å². The maximum atomic E-state index is 12.1. The number of hydrogen-bond donors (Lipinski definition) is 1. The standard InChI is InChI=1S/C17H18N2O4/c1-21-14-6-4-12(5-7-14)11-18-19-17(20)13-8-15(22-2)10-16(9-13)23-3/h4-11H,1-3H3,(H,19,20). The Bertz CT molecular complexity index is 674. The summed E-state index contributed by atoms with van der Waals surface area (Å²) in [6.07, 6.45) is 1.55. The fourth-order valence-corrected chi connectivity index (χ4v) is 1.86. The summed E-state index contributed by atoms with van der Waals surface area (Å²) in [6.45, 7) is 0. The van der Waals surface area contributed by atoms with Crippen molar-refractivity contribution in [2.75, 3.05) is 21.3 Å². The number of rotatable bonds is 6. The first-order valence-electron chi connectivity index (χ1n) is 6.87. The lowest BCUT2D eigenvalue weighted by atomic mass is 10.2. The van der Waals surface area contributed by atoms with E-state index in [4.69, 9.17) is 14.2 Å². The quantitative estimate of drug-likeness (QED) is 0.657. The number of nitrogens with zero attached hydrogens (tertiary/aromatic N) is 1. The van der Waals surface area contributed by atoms with Crippen LogP contribution in [0.1, 0.15) is 15.9 Å².